The van der Waals surface area contributed by atoms with Crippen molar-refractivity contribution in [2.24, 2.45) is 5.92 Å². The highest BCUT2D eigenvalue weighted by atomic mass is 35.5. The van der Waals surface area contributed by atoms with Crippen molar-refractivity contribution in [2.75, 3.05) is 7.05 Å². The van der Waals surface area contributed by atoms with Crippen LogP contribution in [-0.4, -0.2) is 36.1 Å². The molecule has 4 rings (SSSR count). The van der Waals surface area contributed by atoms with Crippen molar-refractivity contribution in [3.63, 3.8) is 0 Å². The van der Waals surface area contributed by atoms with Gasteiger partial charge in [-0.1, -0.05) is 23.7 Å². The monoisotopic (exact) mass is 319 g/mol. The molecule has 4 atom stereocenters. The molecule has 3 unspecified atom stereocenters. The quantitative estimate of drug-likeness (QED) is 0.797. The Hall–Kier alpha value is -1.06. The second-order valence-electron chi connectivity index (χ2n) is 7.02. The SMILES string of the molecule is CN1C2CCC1C(C(=O)OC1CC1)[C@@H](c1ccc(Cl)cc1)C2. The first-order chi connectivity index (χ1) is 10.6. The third-order valence-electron chi connectivity index (χ3n) is 5.65. The Morgan fingerprint density at radius 2 is 1.91 bits per heavy atom. The Kier molecular flexibility index (Phi) is 3.66. The molecule has 4 heteroatoms. The maximum Gasteiger partial charge on any atom is 0.311 e. The predicted octanol–water partition coefficient (Wildman–Crippen LogP) is 3.61. The summed E-state index contributed by atoms with van der Waals surface area (Å²) < 4.78 is 5.68. The maximum atomic E-state index is 12.8. The summed E-state index contributed by atoms with van der Waals surface area (Å²) in [5.41, 5.74) is 1.23. The van der Waals surface area contributed by atoms with Crippen molar-refractivity contribution in [1.29, 1.82) is 0 Å². The van der Waals surface area contributed by atoms with E-state index in [0.717, 1.165) is 30.7 Å². The molecule has 2 heterocycles. The zero-order valence-electron chi connectivity index (χ0n) is 12.9. The molecule has 0 aromatic heterocycles. The lowest BCUT2D eigenvalue weighted by Gasteiger charge is -2.42. The van der Waals surface area contributed by atoms with Gasteiger partial charge in [0.05, 0.1) is 5.92 Å². The molecule has 3 nitrogen and oxygen atoms in total. The first-order valence-corrected chi connectivity index (χ1v) is 8.69. The lowest BCUT2D eigenvalue weighted by Crippen LogP contribution is -2.49. The zero-order chi connectivity index (χ0) is 15.3. The molecule has 118 valence electrons. The average molecular weight is 320 g/mol. The number of carbonyl (C=O) groups is 1. The van der Waals surface area contributed by atoms with Gasteiger partial charge >= 0.3 is 5.97 Å². The first kappa shape index (κ1) is 14.5. The number of nitrogens with zero attached hydrogens (tertiary/aromatic N) is 1. The van der Waals surface area contributed by atoms with Crippen molar-refractivity contribution >= 4 is 17.6 Å². The summed E-state index contributed by atoms with van der Waals surface area (Å²) in [6.07, 6.45) is 5.59. The van der Waals surface area contributed by atoms with E-state index in [-0.39, 0.29) is 23.9 Å². The first-order valence-electron chi connectivity index (χ1n) is 8.31. The fourth-order valence-corrected chi connectivity index (χ4v) is 4.40. The fraction of sp³-hybridized carbons (Fsp3) is 0.611. The molecule has 1 aliphatic carbocycles. The van der Waals surface area contributed by atoms with Gasteiger partial charge in [-0.2, -0.15) is 0 Å². The van der Waals surface area contributed by atoms with Crippen molar-refractivity contribution in [1.82, 2.24) is 4.90 Å². The number of benzene rings is 1. The molecule has 0 amide bonds. The van der Waals surface area contributed by atoms with Crippen LogP contribution in [0, 0.1) is 5.92 Å². The molecule has 0 spiro atoms. The predicted molar refractivity (Wildman–Crippen MR) is 86.0 cm³/mol. The van der Waals surface area contributed by atoms with Gasteiger partial charge in [-0.25, -0.2) is 0 Å². The van der Waals surface area contributed by atoms with E-state index in [1.54, 1.807) is 0 Å². The van der Waals surface area contributed by atoms with Crippen LogP contribution in [0.2, 0.25) is 5.02 Å². The van der Waals surface area contributed by atoms with Gasteiger partial charge in [-0.15, -0.1) is 0 Å². The van der Waals surface area contributed by atoms with Crippen molar-refractivity contribution in [3.05, 3.63) is 34.9 Å². The number of fused-ring (bicyclic) bond motifs is 2. The highest BCUT2D eigenvalue weighted by Crippen LogP contribution is 2.47. The molecule has 1 saturated carbocycles. The van der Waals surface area contributed by atoms with Gasteiger partial charge in [-0.05, 0) is 56.8 Å². The van der Waals surface area contributed by atoms with Gasteiger partial charge in [0.1, 0.15) is 6.10 Å². The largest absolute Gasteiger partial charge is 0.462 e. The molecule has 2 bridgehead atoms. The Morgan fingerprint density at radius 1 is 1.18 bits per heavy atom. The molecule has 2 saturated heterocycles. The second kappa shape index (κ2) is 5.54. The summed E-state index contributed by atoms with van der Waals surface area (Å²) in [5, 5.41) is 0.747. The van der Waals surface area contributed by atoms with E-state index in [4.69, 9.17) is 16.3 Å². The van der Waals surface area contributed by atoms with Gasteiger partial charge in [-0.3, -0.25) is 9.69 Å². The van der Waals surface area contributed by atoms with Crippen LogP contribution in [0.25, 0.3) is 0 Å². The van der Waals surface area contributed by atoms with E-state index in [0.29, 0.717) is 12.1 Å². The third-order valence-corrected chi connectivity index (χ3v) is 5.90. The smallest absolute Gasteiger partial charge is 0.311 e. The lowest BCUT2D eigenvalue weighted by atomic mass is 9.76. The minimum Gasteiger partial charge on any atom is -0.462 e. The summed E-state index contributed by atoms with van der Waals surface area (Å²) in [4.78, 5) is 15.2. The molecule has 22 heavy (non-hydrogen) atoms. The van der Waals surface area contributed by atoms with Gasteiger partial charge in [0.15, 0.2) is 0 Å². The summed E-state index contributed by atoms with van der Waals surface area (Å²) in [6, 6.07) is 8.94. The highest BCUT2D eigenvalue weighted by molar-refractivity contribution is 6.30. The number of hydrogen-bond donors (Lipinski definition) is 0. The Balaban J connectivity index is 1.64. The molecular weight excluding hydrogens is 298 g/mol. The molecule has 3 fully saturated rings. The van der Waals surface area contributed by atoms with Crippen LogP contribution in [0.4, 0.5) is 0 Å². The van der Waals surface area contributed by atoms with E-state index < -0.39 is 0 Å². The van der Waals surface area contributed by atoms with E-state index in [1.165, 1.54) is 12.0 Å². The molecule has 3 aliphatic rings. The second-order valence-corrected chi connectivity index (χ2v) is 7.46. The zero-order valence-corrected chi connectivity index (χ0v) is 13.6. The van der Waals surface area contributed by atoms with E-state index >= 15 is 0 Å². The van der Waals surface area contributed by atoms with Crippen molar-refractivity contribution in [3.8, 4) is 0 Å². The van der Waals surface area contributed by atoms with Crippen molar-refractivity contribution < 1.29 is 9.53 Å². The highest BCUT2D eigenvalue weighted by Gasteiger charge is 2.50. The Bertz CT molecular complexity index is 569. The van der Waals surface area contributed by atoms with Gasteiger partial charge < -0.3 is 4.74 Å². The lowest BCUT2D eigenvalue weighted by molar-refractivity contribution is -0.154. The van der Waals surface area contributed by atoms with Gasteiger partial charge in [0, 0.05) is 23.0 Å². The van der Waals surface area contributed by atoms with Crippen LogP contribution in [0.1, 0.15) is 43.6 Å². The molecule has 1 aromatic rings. The topological polar surface area (TPSA) is 29.5 Å². The summed E-state index contributed by atoms with van der Waals surface area (Å²) in [6.45, 7) is 0. The minimum absolute atomic E-state index is 0.0136. The molecule has 2 aliphatic heterocycles. The summed E-state index contributed by atoms with van der Waals surface area (Å²) >= 11 is 6.02. The van der Waals surface area contributed by atoms with Crippen molar-refractivity contribution in [2.45, 2.75) is 56.2 Å². The molecular formula is C18H22ClNO2. The van der Waals surface area contributed by atoms with Crippen LogP contribution < -0.4 is 0 Å². The van der Waals surface area contributed by atoms with Crippen LogP contribution in [0.5, 0.6) is 0 Å². The number of piperidine rings is 1. The van der Waals surface area contributed by atoms with Crippen LogP contribution in [-0.2, 0) is 9.53 Å². The van der Waals surface area contributed by atoms with E-state index in [2.05, 4.69) is 24.1 Å². The standard InChI is InChI=1S/C18H22ClNO2/c1-20-13-6-9-16(20)17(18(21)22-14-7-8-14)15(10-13)11-2-4-12(19)5-3-11/h2-5,13-17H,6-10H2,1H3/t13?,15-,16?,17?/m1/s1. The summed E-state index contributed by atoms with van der Waals surface area (Å²) in [5.74, 6) is 0.238. The number of ether oxygens (including phenoxy) is 1. The molecule has 1 aromatic carbocycles. The number of rotatable bonds is 3. The minimum atomic E-state index is -0.0366. The third kappa shape index (κ3) is 2.55. The van der Waals surface area contributed by atoms with Gasteiger partial charge in [0.25, 0.3) is 0 Å². The van der Waals surface area contributed by atoms with E-state index in [1.807, 2.05) is 12.1 Å². The Morgan fingerprint density at radius 3 is 2.59 bits per heavy atom. The summed E-state index contributed by atoms with van der Waals surface area (Å²) in [7, 11) is 2.16. The van der Waals surface area contributed by atoms with E-state index in [9.17, 15) is 4.79 Å². The normalized spacial score (nSPS) is 34.6. The number of esters is 1. The average Bonchev–Trinajstić information content (AvgIpc) is 3.27. The van der Waals surface area contributed by atoms with Gasteiger partial charge in [0.2, 0.25) is 0 Å². The number of carbonyl (C=O) groups excluding carboxylic acids is 1. The Labute approximate surface area is 136 Å². The maximum absolute atomic E-state index is 12.8. The molecule has 0 radical (unpaired) electrons. The number of halogens is 1. The van der Waals surface area contributed by atoms with Crippen LogP contribution >= 0.6 is 11.6 Å². The molecule has 0 N–H and O–H groups in total. The van der Waals surface area contributed by atoms with Crippen LogP contribution in [0.15, 0.2) is 24.3 Å². The van der Waals surface area contributed by atoms with Crippen LogP contribution in [0.3, 0.4) is 0 Å². The number of hydrogen-bond acceptors (Lipinski definition) is 3. The fourth-order valence-electron chi connectivity index (χ4n) is 4.27.